The Hall–Kier alpha value is -2.71. The van der Waals surface area contributed by atoms with E-state index < -0.39 is 0 Å². The number of halogens is 1. The maximum atomic E-state index is 6.71. The number of anilines is 2. The van der Waals surface area contributed by atoms with E-state index in [2.05, 4.69) is 112 Å². The van der Waals surface area contributed by atoms with Crippen LogP contribution in [0.5, 0.6) is 0 Å². The van der Waals surface area contributed by atoms with E-state index in [1.165, 1.54) is 22.3 Å². The molecule has 3 aromatic rings. The third-order valence-electron chi connectivity index (χ3n) is 4.98. The first-order valence-corrected chi connectivity index (χ1v) is 10.9. The summed E-state index contributed by atoms with van der Waals surface area (Å²) in [4.78, 5) is 0. The molecule has 0 spiro atoms. The molecule has 0 saturated heterocycles. The Bertz CT molecular complexity index is 1010. The van der Waals surface area contributed by atoms with Crippen LogP contribution in [0.1, 0.15) is 33.3 Å². The standard InChI is InChI=1S/C27H31ClN2/c1-18(2)14-15-29-23-10-6-22(7-11-23)26-16-20(5)25(17-27(26)28)21-8-12-24(13-9-21)30-19(3)4/h6-14,16-17,19,29-30H,15H2,1-5H3. The number of nitrogens with one attached hydrogen (secondary N) is 2. The number of rotatable bonds is 7. The van der Waals surface area contributed by atoms with Crippen LogP contribution < -0.4 is 10.6 Å². The molecule has 2 N–H and O–H groups in total. The zero-order valence-corrected chi connectivity index (χ0v) is 19.3. The molecule has 0 amide bonds. The van der Waals surface area contributed by atoms with Crippen LogP contribution in [0.25, 0.3) is 22.3 Å². The first-order valence-electron chi connectivity index (χ1n) is 10.5. The van der Waals surface area contributed by atoms with Gasteiger partial charge < -0.3 is 10.6 Å². The van der Waals surface area contributed by atoms with Crippen LogP contribution in [-0.4, -0.2) is 12.6 Å². The number of benzene rings is 3. The molecule has 0 atom stereocenters. The second-order valence-corrected chi connectivity index (χ2v) is 8.67. The van der Waals surface area contributed by atoms with Gasteiger partial charge in [0, 0.05) is 34.5 Å². The first-order chi connectivity index (χ1) is 14.3. The van der Waals surface area contributed by atoms with Crippen molar-refractivity contribution >= 4 is 23.0 Å². The van der Waals surface area contributed by atoms with Crippen molar-refractivity contribution in [3.8, 4) is 22.3 Å². The van der Waals surface area contributed by atoms with Gasteiger partial charge in [0.25, 0.3) is 0 Å². The summed E-state index contributed by atoms with van der Waals surface area (Å²) in [6.07, 6.45) is 2.18. The van der Waals surface area contributed by atoms with Gasteiger partial charge in [-0.25, -0.2) is 0 Å². The molecule has 0 unspecified atom stereocenters. The van der Waals surface area contributed by atoms with Gasteiger partial charge >= 0.3 is 0 Å². The zero-order valence-electron chi connectivity index (χ0n) is 18.5. The fourth-order valence-corrected chi connectivity index (χ4v) is 3.71. The Labute approximate surface area is 186 Å². The number of hydrogen-bond acceptors (Lipinski definition) is 2. The molecule has 0 fully saturated rings. The number of hydrogen-bond donors (Lipinski definition) is 2. The molecule has 0 radical (unpaired) electrons. The summed E-state index contributed by atoms with van der Waals surface area (Å²) >= 11 is 6.71. The van der Waals surface area contributed by atoms with Crippen molar-refractivity contribution in [3.05, 3.63) is 82.9 Å². The maximum Gasteiger partial charge on any atom is 0.0490 e. The molecule has 156 valence electrons. The smallest absolute Gasteiger partial charge is 0.0490 e. The molecule has 30 heavy (non-hydrogen) atoms. The lowest BCUT2D eigenvalue weighted by atomic mass is 9.95. The highest BCUT2D eigenvalue weighted by molar-refractivity contribution is 6.33. The molecule has 0 aliphatic carbocycles. The van der Waals surface area contributed by atoms with Crippen molar-refractivity contribution in [3.63, 3.8) is 0 Å². The van der Waals surface area contributed by atoms with Gasteiger partial charge in [-0.15, -0.1) is 0 Å². The Morgan fingerprint density at radius 3 is 2.00 bits per heavy atom. The number of aryl methyl sites for hydroxylation is 1. The van der Waals surface area contributed by atoms with Crippen LogP contribution in [0.15, 0.2) is 72.3 Å². The van der Waals surface area contributed by atoms with Crippen molar-refractivity contribution in [2.75, 3.05) is 17.2 Å². The predicted octanol–water partition coefficient (Wildman–Crippen LogP) is 8.18. The van der Waals surface area contributed by atoms with Gasteiger partial charge in [0.15, 0.2) is 0 Å². The van der Waals surface area contributed by atoms with Gasteiger partial charge in [-0.1, -0.05) is 47.5 Å². The molecule has 3 rings (SSSR count). The molecule has 0 aliphatic heterocycles. The van der Waals surface area contributed by atoms with Crippen molar-refractivity contribution in [2.24, 2.45) is 0 Å². The summed E-state index contributed by atoms with van der Waals surface area (Å²) in [5.74, 6) is 0. The molecular weight excluding hydrogens is 388 g/mol. The maximum absolute atomic E-state index is 6.71. The predicted molar refractivity (Wildman–Crippen MR) is 134 cm³/mol. The third kappa shape index (κ3) is 5.67. The van der Waals surface area contributed by atoms with Crippen molar-refractivity contribution in [1.29, 1.82) is 0 Å². The molecular formula is C27H31ClN2. The molecule has 0 aromatic heterocycles. The fraction of sp³-hybridized carbons (Fsp3) is 0.259. The molecule has 0 aliphatic rings. The molecule has 0 saturated carbocycles. The lowest BCUT2D eigenvalue weighted by Gasteiger charge is -2.14. The second kappa shape index (κ2) is 9.86. The van der Waals surface area contributed by atoms with Crippen LogP contribution in [0.2, 0.25) is 5.02 Å². The van der Waals surface area contributed by atoms with E-state index in [-0.39, 0.29) is 0 Å². The molecule has 0 heterocycles. The van der Waals surface area contributed by atoms with Gasteiger partial charge in [0.05, 0.1) is 0 Å². The van der Waals surface area contributed by atoms with Crippen LogP contribution >= 0.6 is 11.6 Å². The van der Waals surface area contributed by atoms with Gasteiger partial charge in [-0.3, -0.25) is 0 Å². The zero-order chi connectivity index (χ0) is 21.7. The third-order valence-corrected chi connectivity index (χ3v) is 5.29. The molecule has 2 nitrogen and oxygen atoms in total. The van der Waals surface area contributed by atoms with Crippen LogP contribution in [-0.2, 0) is 0 Å². The van der Waals surface area contributed by atoms with Gasteiger partial charge in [-0.05, 0) is 93.3 Å². The topological polar surface area (TPSA) is 24.1 Å². The van der Waals surface area contributed by atoms with E-state index in [0.29, 0.717) is 6.04 Å². The SMILES string of the molecule is CC(C)=CCNc1ccc(-c2cc(C)c(-c3ccc(NC(C)C)cc3)cc2Cl)cc1. The highest BCUT2D eigenvalue weighted by Crippen LogP contribution is 2.35. The van der Waals surface area contributed by atoms with Crippen molar-refractivity contribution in [1.82, 2.24) is 0 Å². The van der Waals surface area contributed by atoms with Crippen molar-refractivity contribution in [2.45, 2.75) is 40.7 Å². The molecule has 3 aromatic carbocycles. The monoisotopic (exact) mass is 418 g/mol. The van der Waals surface area contributed by atoms with E-state index in [9.17, 15) is 0 Å². The summed E-state index contributed by atoms with van der Waals surface area (Å²) in [6.45, 7) is 11.5. The minimum Gasteiger partial charge on any atom is -0.383 e. The molecule has 3 heteroatoms. The van der Waals surface area contributed by atoms with E-state index in [1.807, 2.05) is 0 Å². The summed E-state index contributed by atoms with van der Waals surface area (Å²) in [6, 6.07) is 21.7. The second-order valence-electron chi connectivity index (χ2n) is 8.26. The Morgan fingerprint density at radius 2 is 1.43 bits per heavy atom. The van der Waals surface area contributed by atoms with Crippen molar-refractivity contribution < 1.29 is 0 Å². The first kappa shape index (κ1) is 22.0. The van der Waals surface area contributed by atoms with E-state index in [4.69, 9.17) is 11.6 Å². The van der Waals surface area contributed by atoms with Crippen LogP contribution in [0.3, 0.4) is 0 Å². The Kier molecular flexibility index (Phi) is 7.23. The Balaban J connectivity index is 1.81. The lowest BCUT2D eigenvalue weighted by Crippen LogP contribution is -2.09. The van der Waals surface area contributed by atoms with Gasteiger partial charge in [-0.2, -0.15) is 0 Å². The van der Waals surface area contributed by atoms with E-state index in [1.54, 1.807) is 0 Å². The van der Waals surface area contributed by atoms with E-state index in [0.717, 1.165) is 34.1 Å². The summed E-state index contributed by atoms with van der Waals surface area (Å²) in [5, 5.41) is 7.61. The number of allylic oxidation sites excluding steroid dienone is 1. The van der Waals surface area contributed by atoms with Gasteiger partial charge in [0.2, 0.25) is 0 Å². The summed E-state index contributed by atoms with van der Waals surface area (Å²) < 4.78 is 0. The van der Waals surface area contributed by atoms with Gasteiger partial charge in [0.1, 0.15) is 0 Å². The normalized spacial score (nSPS) is 10.8. The van der Waals surface area contributed by atoms with Crippen LogP contribution in [0.4, 0.5) is 11.4 Å². The molecule has 0 bridgehead atoms. The average Bonchev–Trinajstić information content (AvgIpc) is 2.70. The minimum atomic E-state index is 0.417. The highest BCUT2D eigenvalue weighted by Gasteiger charge is 2.10. The summed E-state index contributed by atoms with van der Waals surface area (Å²) in [5.41, 5.74) is 9.29. The lowest BCUT2D eigenvalue weighted by molar-refractivity contribution is 0.900. The quantitative estimate of drug-likeness (QED) is 0.378. The Morgan fingerprint density at radius 1 is 0.867 bits per heavy atom. The highest BCUT2D eigenvalue weighted by atomic mass is 35.5. The largest absolute Gasteiger partial charge is 0.383 e. The average molecular weight is 419 g/mol. The van der Waals surface area contributed by atoms with E-state index >= 15 is 0 Å². The minimum absolute atomic E-state index is 0.417. The fourth-order valence-electron chi connectivity index (χ4n) is 3.43. The van der Waals surface area contributed by atoms with Crippen LogP contribution in [0, 0.1) is 6.92 Å². The summed E-state index contributed by atoms with van der Waals surface area (Å²) in [7, 11) is 0.